The zero-order chi connectivity index (χ0) is 18.0. The lowest BCUT2D eigenvalue weighted by Gasteiger charge is -2.16. The van der Waals surface area contributed by atoms with Gasteiger partial charge in [0.1, 0.15) is 0 Å². The molecule has 25 heavy (non-hydrogen) atoms. The van der Waals surface area contributed by atoms with E-state index in [0.29, 0.717) is 5.69 Å². The number of nitrogens with zero attached hydrogens (tertiary/aromatic N) is 2. The number of rotatable bonds is 4. The van der Waals surface area contributed by atoms with Gasteiger partial charge in [0.2, 0.25) is 5.88 Å². The third kappa shape index (κ3) is 3.78. The Morgan fingerprint density at radius 3 is 2.36 bits per heavy atom. The summed E-state index contributed by atoms with van der Waals surface area (Å²) in [5.41, 5.74) is 6.83. The van der Waals surface area contributed by atoms with Gasteiger partial charge in [0, 0.05) is 17.8 Å². The Labute approximate surface area is 154 Å². The van der Waals surface area contributed by atoms with Gasteiger partial charge in [0.05, 0.1) is 16.1 Å². The van der Waals surface area contributed by atoms with Crippen molar-refractivity contribution < 1.29 is 4.74 Å². The number of aromatic nitrogens is 2. The highest BCUT2D eigenvalue weighted by Gasteiger charge is 2.14. The average molecular weight is 376 g/mol. The van der Waals surface area contributed by atoms with Gasteiger partial charge >= 0.3 is 0 Å². The quantitative estimate of drug-likeness (QED) is 0.679. The maximum Gasteiger partial charge on any atom is 0.267 e. The van der Waals surface area contributed by atoms with E-state index in [4.69, 9.17) is 33.7 Å². The Balaban J connectivity index is 1.97. The van der Waals surface area contributed by atoms with Crippen LogP contribution in [0.2, 0.25) is 10.0 Å². The molecule has 0 saturated heterocycles. The van der Waals surface area contributed by atoms with Crippen molar-refractivity contribution >= 4 is 28.9 Å². The van der Waals surface area contributed by atoms with Crippen LogP contribution >= 0.6 is 23.2 Å². The van der Waals surface area contributed by atoms with E-state index in [2.05, 4.69) is 5.10 Å². The molecule has 0 saturated carbocycles. The van der Waals surface area contributed by atoms with E-state index in [9.17, 15) is 4.79 Å². The maximum absolute atomic E-state index is 12.2. The minimum Gasteiger partial charge on any atom is -0.434 e. The molecule has 5 nitrogen and oxygen atoms in total. The van der Waals surface area contributed by atoms with Crippen molar-refractivity contribution in [1.29, 1.82) is 0 Å². The molecular weight excluding hydrogens is 361 g/mol. The minimum absolute atomic E-state index is 0.205. The molecule has 0 radical (unpaired) electrons. The van der Waals surface area contributed by atoms with E-state index in [0.717, 1.165) is 5.56 Å². The normalized spacial score (nSPS) is 12.0. The van der Waals surface area contributed by atoms with Crippen molar-refractivity contribution in [2.75, 3.05) is 5.73 Å². The van der Waals surface area contributed by atoms with E-state index in [1.165, 1.54) is 28.9 Å². The number of hydrogen-bond donors (Lipinski definition) is 1. The number of anilines is 1. The van der Waals surface area contributed by atoms with Crippen LogP contribution in [0.1, 0.15) is 18.5 Å². The van der Waals surface area contributed by atoms with Gasteiger partial charge in [-0.2, -0.15) is 0 Å². The number of halogens is 2. The summed E-state index contributed by atoms with van der Waals surface area (Å²) >= 11 is 12.3. The summed E-state index contributed by atoms with van der Waals surface area (Å²) in [5, 5.41) is 4.81. The van der Waals surface area contributed by atoms with Gasteiger partial charge in [-0.25, -0.2) is 4.68 Å². The van der Waals surface area contributed by atoms with Crippen LogP contribution in [-0.4, -0.2) is 9.78 Å². The first-order valence-electron chi connectivity index (χ1n) is 7.53. The largest absolute Gasteiger partial charge is 0.434 e. The molecule has 0 aliphatic carbocycles. The topological polar surface area (TPSA) is 70.1 Å². The molecule has 1 unspecified atom stereocenters. The summed E-state index contributed by atoms with van der Waals surface area (Å²) in [4.78, 5) is 12.2. The zero-order valence-corrected chi connectivity index (χ0v) is 14.8. The number of hydrogen-bond acceptors (Lipinski definition) is 4. The summed E-state index contributed by atoms with van der Waals surface area (Å²) in [6.07, 6.45) is 0. The monoisotopic (exact) mass is 375 g/mol. The van der Waals surface area contributed by atoms with Crippen LogP contribution in [0.4, 0.5) is 5.69 Å². The summed E-state index contributed by atoms with van der Waals surface area (Å²) in [6, 6.07) is 15.3. The smallest absolute Gasteiger partial charge is 0.267 e. The second kappa shape index (κ2) is 7.17. The van der Waals surface area contributed by atoms with E-state index in [1.807, 2.05) is 37.3 Å². The van der Waals surface area contributed by atoms with Crippen molar-refractivity contribution in [3.63, 3.8) is 0 Å². The standard InChI is InChI=1S/C18H15Cl2N3O2/c1-11(12-5-3-2-4-6-12)23-17(24)8-7-16(22-23)25-18-14(19)9-13(21)10-15(18)20/h2-11H,21H2,1H3. The molecule has 1 heterocycles. The molecule has 0 bridgehead atoms. The SMILES string of the molecule is CC(c1ccccc1)n1nc(Oc2c(Cl)cc(N)cc2Cl)ccc1=O. The molecule has 1 aromatic heterocycles. The lowest BCUT2D eigenvalue weighted by Crippen LogP contribution is -2.25. The van der Waals surface area contributed by atoms with Crippen LogP contribution in [0.25, 0.3) is 0 Å². The summed E-state index contributed by atoms with van der Waals surface area (Å²) < 4.78 is 7.04. The average Bonchev–Trinajstić information content (AvgIpc) is 2.59. The third-order valence-electron chi connectivity index (χ3n) is 3.68. The van der Waals surface area contributed by atoms with E-state index >= 15 is 0 Å². The maximum atomic E-state index is 12.2. The predicted octanol–water partition coefficient (Wildman–Crippen LogP) is 4.53. The first-order chi connectivity index (χ1) is 12.0. The lowest BCUT2D eigenvalue weighted by atomic mass is 10.1. The van der Waals surface area contributed by atoms with E-state index in [1.54, 1.807) is 0 Å². The van der Waals surface area contributed by atoms with Crippen LogP contribution in [0.5, 0.6) is 11.6 Å². The van der Waals surface area contributed by atoms with Crippen molar-refractivity contribution in [1.82, 2.24) is 9.78 Å². The van der Waals surface area contributed by atoms with Gasteiger partial charge in [0.25, 0.3) is 5.56 Å². The molecule has 3 rings (SSSR count). The first-order valence-corrected chi connectivity index (χ1v) is 8.28. The molecule has 0 amide bonds. The van der Waals surface area contributed by atoms with E-state index < -0.39 is 0 Å². The van der Waals surface area contributed by atoms with Crippen LogP contribution in [-0.2, 0) is 0 Å². The Kier molecular flexibility index (Phi) is 4.97. The molecule has 128 valence electrons. The van der Waals surface area contributed by atoms with Gasteiger partial charge < -0.3 is 10.5 Å². The van der Waals surface area contributed by atoms with Gasteiger partial charge in [0.15, 0.2) is 5.75 Å². The number of ether oxygens (including phenoxy) is 1. The Hall–Kier alpha value is -2.50. The van der Waals surface area contributed by atoms with Gasteiger partial charge in [-0.3, -0.25) is 4.79 Å². The van der Waals surface area contributed by atoms with Crippen molar-refractivity contribution in [3.05, 3.63) is 80.6 Å². The van der Waals surface area contributed by atoms with Gasteiger partial charge in [-0.15, -0.1) is 5.10 Å². The summed E-state index contributed by atoms with van der Waals surface area (Å²) in [5.74, 6) is 0.443. The fraction of sp³-hybridized carbons (Fsp3) is 0.111. The predicted molar refractivity (Wildman–Crippen MR) is 99.7 cm³/mol. The molecule has 2 N–H and O–H groups in total. The highest BCUT2D eigenvalue weighted by Crippen LogP contribution is 2.37. The highest BCUT2D eigenvalue weighted by molar-refractivity contribution is 6.37. The Morgan fingerprint density at radius 2 is 1.72 bits per heavy atom. The Bertz CT molecular complexity index is 935. The molecular formula is C18H15Cl2N3O2. The molecule has 1 atom stereocenters. The van der Waals surface area contributed by atoms with Crippen LogP contribution in [0.3, 0.4) is 0 Å². The van der Waals surface area contributed by atoms with Gasteiger partial charge in [-0.1, -0.05) is 53.5 Å². The second-order valence-corrected chi connectivity index (χ2v) is 6.27. The minimum atomic E-state index is -0.255. The molecule has 0 aliphatic rings. The molecule has 0 spiro atoms. The summed E-state index contributed by atoms with van der Waals surface area (Å²) in [7, 11) is 0. The number of benzene rings is 2. The van der Waals surface area contributed by atoms with Crippen LogP contribution in [0.15, 0.2) is 59.4 Å². The zero-order valence-electron chi connectivity index (χ0n) is 13.3. The van der Waals surface area contributed by atoms with Crippen LogP contribution < -0.4 is 16.0 Å². The molecule has 0 fully saturated rings. The molecule has 2 aromatic carbocycles. The van der Waals surface area contributed by atoms with Crippen LogP contribution in [0, 0.1) is 0 Å². The van der Waals surface area contributed by atoms with Gasteiger partial charge in [-0.05, 0) is 24.6 Å². The number of nitrogens with two attached hydrogens (primary N) is 1. The summed E-state index contributed by atoms with van der Waals surface area (Å²) in [6.45, 7) is 1.89. The van der Waals surface area contributed by atoms with E-state index in [-0.39, 0.29) is 33.3 Å². The lowest BCUT2D eigenvalue weighted by molar-refractivity contribution is 0.419. The highest BCUT2D eigenvalue weighted by atomic mass is 35.5. The van der Waals surface area contributed by atoms with Crippen molar-refractivity contribution in [3.8, 4) is 11.6 Å². The fourth-order valence-electron chi connectivity index (χ4n) is 2.39. The molecule has 7 heteroatoms. The fourth-order valence-corrected chi connectivity index (χ4v) is 2.98. The first kappa shape index (κ1) is 17.3. The van der Waals surface area contributed by atoms with Crippen molar-refractivity contribution in [2.24, 2.45) is 0 Å². The Morgan fingerprint density at radius 1 is 1.08 bits per heavy atom. The molecule has 0 aliphatic heterocycles. The third-order valence-corrected chi connectivity index (χ3v) is 4.24. The second-order valence-electron chi connectivity index (χ2n) is 5.46. The molecule has 3 aromatic rings. The van der Waals surface area contributed by atoms with Crippen molar-refractivity contribution in [2.45, 2.75) is 13.0 Å². The number of nitrogen functional groups attached to an aromatic ring is 1.